The number of fused-ring (bicyclic) bond motifs is 2. The molecule has 1 aliphatic heterocycles. The van der Waals surface area contributed by atoms with Crippen molar-refractivity contribution in [3.63, 3.8) is 0 Å². The normalized spacial score (nSPS) is 19.5. The number of carbonyl (C=O) groups excluding carboxylic acids is 1. The number of hydrogen-bond donors (Lipinski definition) is 3. The first kappa shape index (κ1) is 22.5. The Morgan fingerprint density at radius 2 is 2.16 bits per heavy atom. The second kappa shape index (κ2) is 8.01. The maximum absolute atomic E-state index is 13.4. The minimum absolute atomic E-state index is 0.0103. The summed E-state index contributed by atoms with van der Waals surface area (Å²) in [6, 6.07) is -1.14. The fraction of sp³-hybridized carbons (Fsp3) is 0.500. The van der Waals surface area contributed by atoms with Crippen LogP contribution in [-0.4, -0.2) is 44.7 Å². The number of aromatic nitrogens is 3. The van der Waals surface area contributed by atoms with Gasteiger partial charge in [0.05, 0.1) is 24.5 Å². The number of anilines is 1. The molecule has 2 aliphatic rings. The molecule has 0 fully saturated rings. The fourth-order valence-corrected chi connectivity index (χ4v) is 4.88. The molecule has 2 aromatic rings. The maximum atomic E-state index is 13.4. The number of aryl methyl sites for hydroxylation is 1. The molecule has 0 saturated carbocycles. The van der Waals surface area contributed by atoms with E-state index in [0.29, 0.717) is 31.4 Å². The molecule has 174 valence electrons. The molecule has 10 nitrogen and oxygen atoms in total. The molecule has 0 bridgehead atoms. The highest BCUT2D eigenvalue weighted by atomic mass is 32.2. The molecule has 1 unspecified atom stereocenters. The van der Waals surface area contributed by atoms with E-state index in [2.05, 4.69) is 25.1 Å². The Hall–Kier alpha value is -2.71. The zero-order chi connectivity index (χ0) is 23.3. The van der Waals surface area contributed by atoms with Crippen molar-refractivity contribution in [2.75, 3.05) is 19.0 Å². The molecule has 2 atom stereocenters. The lowest BCUT2D eigenvalue weighted by Gasteiger charge is -2.24. The van der Waals surface area contributed by atoms with E-state index >= 15 is 0 Å². The largest absolute Gasteiger partial charge is 0.475 e. The highest BCUT2D eigenvalue weighted by molar-refractivity contribution is 7.91. The van der Waals surface area contributed by atoms with E-state index in [-0.39, 0.29) is 40.4 Å². The number of pyridine rings is 1. The van der Waals surface area contributed by atoms with E-state index in [4.69, 9.17) is 9.88 Å². The summed E-state index contributed by atoms with van der Waals surface area (Å²) in [7, 11) is -2.01. The molecule has 3 heterocycles. The summed E-state index contributed by atoms with van der Waals surface area (Å²) < 4.78 is 63.8. The molecule has 0 saturated heterocycles. The predicted octanol–water partition coefficient (Wildman–Crippen LogP) is 2.01. The van der Waals surface area contributed by atoms with Crippen molar-refractivity contribution in [1.82, 2.24) is 20.1 Å². The van der Waals surface area contributed by atoms with Crippen LogP contribution in [-0.2, 0) is 35.5 Å². The average Bonchev–Trinajstić information content (AvgIpc) is 3.35. The molecule has 2 aromatic heterocycles. The molecular weight excluding hydrogens is 451 g/mol. The van der Waals surface area contributed by atoms with Crippen molar-refractivity contribution in [3.8, 4) is 5.88 Å². The van der Waals surface area contributed by atoms with Crippen LogP contribution in [0.4, 0.5) is 23.7 Å². The molecule has 32 heavy (non-hydrogen) atoms. The van der Waals surface area contributed by atoms with Crippen LogP contribution in [0.15, 0.2) is 15.5 Å². The number of nitrogens with zero attached hydrogens (tertiary/aromatic N) is 4. The summed E-state index contributed by atoms with van der Waals surface area (Å²) in [4.78, 5) is 16.3. The lowest BCUT2D eigenvalue weighted by molar-refractivity contribution is -0.141. The predicted molar refractivity (Wildman–Crippen MR) is 109 cm³/mol. The number of alkyl halides is 3. The van der Waals surface area contributed by atoms with E-state index in [1.807, 2.05) is 0 Å². The van der Waals surface area contributed by atoms with Gasteiger partial charge in [0.25, 0.3) is 0 Å². The highest BCUT2D eigenvalue weighted by Crippen LogP contribution is 2.39. The van der Waals surface area contributed by atoms with Gasteiger partial charge in [-0.05, 0) is 38.8 Å². The third-order valence-corrected chi connectivity index (χ3v) is 6.83. The maximum Gasteiger partial charge on any atom is 0.433 e. The molecule has 4 rings (SSSR count). The summed E-state index contributed by atoms with van der Waals surface area (Å²) in [5, 5.41) is 15.3. The third-order valence-electron chi connectivity index (χ3n) is 5.48. The monoisotopic (exact) mass is 473 g/mol. The molecular formula is C18H22F3N7O3S. The summed E-state index contributed by atoms with van der Waals surface area (Å²) in [6.07, 6.45) is -2.01. The molecule has 1 aliphatic carbocycles. The van der Waals surface area contributed by atoms with Crippen molar-refractivity contribution in [2.45, 2.75) is 49.8 Å². The lowest BCUT2D eigenvalue weighted by atomic mass is 10.1. The van der Waals surface area contributed by atoms with E-state index in [1.54, 1.807) is 7.05 Å². The van der Waals surface area contributed by atoms with Crippen LogP contribution in [0.2, 0.25) is 0 Å². The molecule has 0 spiro atoms. The van der Waals surface area contributed by atoms with E-state index in [1.165, 1.54) is 17.8 Å². The van der Waals surface area contributed by atoms with Gasteiger partial charge in [-0.15, -0.1) is 4.36 Å². The van der Waals surface area contributed by atoms with E-state index in [0.717, 1.165) is 0 Å². The molecule has 14 heteroatoms. The van der Waals surface area contributed by atoms with Crippen LogP contribution in [0.25, 0.3) is 0 Å². The van der Waals surface area contributed by atoms with Crippen molar-refractivity contribution >= 4 is 21.6 Å². The Balaban J connectivity index is 1.67. The number of ether oxygens (including phenoxy) is 1. The number of halogens is 3. The molecule has 0 radical (unpaired) electrons. The van der Waals surface area contributed by atoms with Crippen LogP contribution in [0.3, 0.4) is 0 Å². The van der Waals surface area contributed by atoms with Crippen LogP contribution in [0, 0.1) is 6.92 Å². The number of amides is 2. The van der Waals surface area contributed by atoms with Gasteiger partial charge in [0.1, 0.15) is 17.2 Å². The summed E-state index contributed by atoms with van der Waals surface area (Å²) >= 11 is 0. The number of rotatable bonds is 3. The first-order valence-electron chi connectivity index (χ1n) is 9.82. The van der Waals surface area contributed by atoms with E-state index < -0.39 is 27.8 Å². The van der Waals surface area contributed by atoms with Crippen LogP contribution in [0.1, 0.15) is 28.9 Å². The lowest BCUT2D eigenvalue weighted by Crippen LogP contribution is -2.40. The summed E-state index contributed by atoms with van der Waals surface area (Å²) in [6.45, 7) is 1.94. The van der Waals surface area contributed by atoms with E-state index in [9.17, 15) is 22.2 Å². The van der Waals surface area contributed by atoms with Crippen LogP contribution < -0.4 is 20.5 Å². The van der Waals surface area contributed by atoms with Gasteiger partial charge in [-0.2, -0.15) is 18.3 Å². The smallest absolute Gasteiger partial charge is 0.433 e. The molecule has 2 amide bonds. The SMILES string of the molecule is CN[C@H]1COc2c(S(N)(=O)=NC(=O)Nc3c(C)c(C(F)(F)F)nc4c3CCC4)cnn2C1. The van der Waals surface area contributed by atoms with Gasteiger partial charge in [-0.3, -0.25) is 0 Å². The second-order valence-electron chi connectivity index (χ2n) is 7.62. The van der Waals surface area contributed by atoms with Gasteiger partial charge in [0.2, 0.25) is 5.88 Å². The van der Waals surface area contributed by atoms with Gasteiger partial charge in [0, 0.05) is 11.3 Å². The van der Waals surface area contributed by atoms with Crippen LogP contribution in [0.5, 0.6) is 5.88 Å². The highest BCUT2D eigenvalue weighted by Gasteiger charge is 2.38. The van der Waals surface area contributed by atoms with Crippen molar-refractivity contribution in [1.29, 1.82) is 0 Å². The quantitative estimate of drug-likeness (QED) is 0.624. The minimum Gasteiger partial charge on any atom is -0.475 e. The molecule has 4 N–H and O–H groups in total. The second-order valence-corrected chi connectivity index (χ2v) is 9.38. The first-order chi connectivity index (χ1) is 15.0. The minimum atomic E-state index is -4.68. The number of likely N-dealkylation sites (N-methyl/N-ethyl adjacent to an activating group) is 1. The van der Waals surface area contributed by atoms with Gasteiger partial charge in [0.15, 0.2) is 9.92 Å². The van der Waals surface area contributed by atoms with Crippen molar-refractivity contribution in [2.24, 2.45) is 9.50 Å². The zero-order valence-corrected chi connectivity index (χ0v) is 18.1. The number of nitrogens with one attached hydrogen (secondary N) is 2. The number of urea groups is 1. The number of carbonyl (C=O) groups is 1. The average molecular weight is 473 g/mol. The Bertz CT molecular complexity index is 1200. The Morgan fingerprint density at radius 1 is 1.41 bits per heavy atom. The summed E-state index contributed by atoms with van der Waals surface area (Å²) in [5.41, 5.74) is -0.513. The Morgan fingerprint density at radius 3 is 2.84 bits per heavy atom. The molecule has 0 aromatic carbocycles. The zero-order valence-electron chi connectivity index (χ0n) is 17.3. The van der Waals surface area contributed by atoms with Gasteiger partial charge in [-0.1, -0.05) is 0 Å². The van der Waals surface area contributed by atoms with Crippen molar-refractivity contribution in [3.05, 3.63) is 28.7 Å². The Kier molecular flexibility index (Phi) is 5.63. The standard InChI is InChI=1S/C18H22F3N7O3S/c1-9-14(11-4-3-5-12(11)25-15(9)18(19,20)21)26-17(29)27-32(22,30)13-6-24-28-7-10(23-2)8-31-16(13)28/h6,10,23H,3-5,7-8H2,1-2H3,(H3,22,25,26,27,29,30)/t10-,32?/m1/s1. The Labute approximate surface area is 182 Å². The summed E-state index contributed by atoms with van der Waals surface area (Å²) in [5.74, 6) is 0.140. The topological polar surface area (TPSA) is 137 Å². The van der Waals surface area contributed by atoms with Crippen LogP contribution >= 0.6 is 0 Å². The number of hydrogen-bond acceptors (Lipinski definition) is 6. The van der Waals surface area contributed by atoms with Gasteiger partial charge in [-0.25, -0.2) is 23.8 Å². The fourth-order valence-electron chi connectivity index (χ4n) is 3.88. The van der Waals surface area contributed by atoms with Gasteiger partial charge >= 0.3 is 12.2 Å². The van der Waals surface area contributed by atoms with Crippen molar-refractivity contribution < 1.29 is 26.9 Å². The third kappa shape index (κ3) is 4.04. The number of nitrogens with two attached hydrogens (primary N) is 1. The first-order valence-corrected chi connectivity index (χ1v) is 11.4. The van der Waals surface area contributed by atoms with Gasteiger partial charge < -0.3 is 15.4 Å².